The molecular weight excluding hydrogens is 325 g/mol. The summed E-state index contributed by atoms with van der Waals surface area (Å²) in [5.74, 6) is 1.38. The van der Waals surface area contributed by atoms with Gasteiger partial charge in [-0.3, -0.25) is 0 Å². The zero-order chi connectivity index (χ0) is 12.2. The van der Waals surface area contributed by atoms with Crippen LogP contribution in [0.4, 0.5) is 5.95 Å². The second-order valence-electron chi connectivity index (χ2n) is 5.60. The van der Waals surface area contributed by atoms with Crippen LogP contribution in [0.1, 0.15) is 20.3 Å². The van der Waals surface area contributed by atoms with E-state index in [1.165, 1.54) is 9.99 Å². The molecule has 0 radical (unpaired) electrons. The molecule has 1 aliphatic rings. The summed E-state index contributed by atoms with van der Waals surface area (Å²) in [5, 5.41) is 0. The van der Waals surface area contributed by atoms with Gasteiger partial charge in [0.25, 0.3) is 0 Å². The molecule has 0 aliphatic heterocycles. The zero-order valence-electron chi connectivity index (χ0n) is 10.1. The van der Waals surface area contributed by atoms with Crippen molar-refractivity contribution < 1.29 is 0 Å². The van der Waals surface area contributed by atoms with Crippen LogP contribution >= 0.6 is 22.6 Å². The number of imidazole rings is 1. The SMILES string of the molecule is CC1(C)CC1Cn1c(N)nc2cc(I)ccc21. The summed E-state index contributed by atoms with van der Waals surface area (Å²) in [7, 11) is 0. The Morgan fingerprint density at radius 3 is 2.88 bits per heavy atom. The first-order valence-electron chi connectivity index (χ1n) is 5.89. The van der Waals surface area contributed by atoms with Crippen molar-refractivity contribution in [2.75, 3.05) is 5.73 Å². The van der Waals surface area contributed by atoms with Crippen molar-refractivity contribution in [1.82, 2.24) is 9.55 Å². The van der Waals surface area contributed by atoms with Gasteiger partial charge in [0.05, 0.1) is 11.0 Å². The third-order valence-corrected chi connectivity index (χ3v) is 4.53. The monoisotopic (exact) mass is 341 g/mol. The lowest BCUT2D eigenvalue weighted by Gasteiger charge is -2.07. The second-order valence-corrected chi connectivity index (χ2v) is 6.85. The molecule has 4 heteroatoms. The van der Waals surface area contributed by atoms with Crippen LogP contribution in [-0.2, 0) is 6.54 Å². The Morgan fingerprint density at radius 1 is 1.53 bits per heavy atom. The maximum atomic E-state index is 6.02. The van der Waals surface area contributed by atoms with E-state index < -0.39 is 0 Å². The van der Waals surface area contributed by atoms with Crippen LogP contribution in [0.3, 0.4) is 0 Å². The van der Waals surface area contributed by atoms with Crippen molar-refractivity contribution in [3.8, 4) is 0 Å². The molecule has 90 valence electrons. The van der Waals surface area contributed by atoms with Crippen LogP contribution in [0.25, 0.3) is 11.0 Å². The number of nitrogen functional groups attached to an aromatic ring is 1. The molecule has 1 aromatic carbocycles. The van der Waals surface area contributed by atoms with Crippen LogP contribution in [0.2, 0.25) is 0 Å². The Balaban J connectivity index is 2.01. The largest absolute Gasteiger partial charge is 0.369 e. The van der Waals surface area contributed by atoms with Gasteiger partial charge in [-0.25, -0.2) is 4.98 Å². The zero-order valence-corrected chi connectivity index (χ0v) is 12.2. The third-order valence-electron chi connectivity index (χ3n) is 3.86. The summed E-state index contributed by atoms with van der Waals surface area (Å²) >= 11 is 2.30. The molecule has 0 amide bonds. The molecule has 1 atom stereocenters. The topological polar surface area (TPSA) is 43.8 Å². The van der Waals surface area contributed by atoms with Crippen molar-refractivity contribution in [2.45, 2.75) is 26.8 Å². The van der Waals surface area contributed by atoms with Crippen molar-refractivity contribution in [3.05, 3.63) is 21.8 Å². The van der Waals surface area contributed by atoms with E-state index in [1.807, 2.05) is 0 Å². The van der Waals surface area contributed by atoms with Gasteiger partial charge in [0, 0.05) is 10.1 Å². The van der Waals surface area contributed by atoms with E-state index in [0.29, 0.717) is 11.4 Å². The van der Waals surface area contributed by atoms with Crippen LogP contribution in [-0.4, -0.2) is 9.55 Å². The quantitative estimate of drug-likeness (QED) is 0.852. The molecule has 0 spiro atoms. The standard InChI is InChI=1S/C13H16IN3/c1-13(2)6-8(13)7-17-11-4-3-9(14)5-10(11)16-12(17)15/h3-5,8H,6-7H2,1-2H3,(H2,15,16). The van der Waals surface area contributed by atoms with Gasteiger partial charge in [-0.2, -0.15) is 0 Å². The minimum atomic E-state index is 0.478. The highest BCUT2D eigenvalue weighted by molar-refractivity contribution is 14.1. The van der Waals surface area contributed by atoms with Crippen molar-refractivity contribution >= 4 is 39.6 Å². The average molecular weight is 341 g/mol. The molecule has 1 aliphatic carbocycles. The van der Waals surface area contributed by atoms with Crippen molar-refractivity contribution in [1.29, 1.82) is 0 Å². The van der Waals surface area contributed by atoms with E-state index in [0.717, 1.165) is 23.5 Å². The van der Waals surface area contributed by atoms with Crippen molar-refractivity contribution in [2.24, 2.45) is 11.3 Å². The summed E-state index contributed by atoms with van der Waals surface area (Å²) in [6.07, 6.45) is 1.29. The molecule has 2 N–H and O–H groups in total. The molecule has 3 rings (SSSR count). The Hall–Kier alpha value is -0.780. The number of hydrogen-bond acceptors (Lipinski definition) is 2. The minimum Gasteiger partial charge on any atom is -0.369 e. The number of benzene rings is 1. The van der Waals surface area contributed by atoms with Crippen LogP contribution < -0.4 is 5.73 Å². The van der Waals surface area contributed by atoms with E-state index in [1.54, 1.807) is 0 Å². The van der Waals surface area contributed by atoms with Gasteiger partial charge < -0.3 is 10.3 Å². The van der Waals surface area contributed by atoms with E-state index in [-0.39, 0.29) is 0 Å². The molecule has 2 aromatic rings. The van der Waals surface area contributed by atoms with Gasteiger partial charge in [0.2, 0.25) is 5.95 Å². The van der Waals surface area contributed by atoms with Crippen molar-refractivity contribution in [3.63, 3.8) is 0 Å². The molecule has 3 nitrogen and oxygen atoms in total. The molecule has 0 bridgehead atoms. The highest BCUT2D eigenvalue weighted by atomic mass is 127. The Kier molecular flexibility index (Phi) is 2.40. The summed E-state index contributed by atoms with van der Waals surface area (Å²) in [4.78, 5) is 4.44. The second kappa shape index (κ2) is 3.60. The van der Waals surface area contributed by atoms with E-state index >= 15 is 0 Å². The number of aromatic nitrogens is 2. The maximum absolute atomic E-state index is 6.02. The predicted molar refractivity (Wildman–Crippen MR) is 78.8 cm³/mol. The van der Waals surface area contributed by atoms with Gasteiger partial charge in [-0.05, 0) is 58.5 Å². The number of anilines is 1. The maximum Gasteiger partial charge on any atom is 0.201 e. The fourth-order valence-corrected chi connectivity index (χ4v) is 2.90. The Bertz CT molecular complexity index is 586. The highest BCUT2D eigenvalue weighted by Crippen LogP contribution is 2.52. The number of fused-ring (bicyclic) bond motifs is 1. The molecule has 17 heavy (non-hydrogen) atoms. The van der Waals surface area contributed by atoms with Gasteiger partial charge >= 0.3 is 0 Å². The van der Waals surface area contributed by atoms with Crippen LogP contribution in [0.5, 0.6) is 0 Å². The van der Waals surface area contributed by atoms with Crippen LogP contribution in [0, 0.1) is 14.9 Å². The van der Waals surface area contributed by atoms with Gasteiger partial charge in [0.1, 0.15) is 0 Å². The van der Waals surface area contributed by atoms with Gasteiger partial charge in [-0.15, -0.1) is 0 Å². The Morgan fingerprint density at radius 2 is 2.24 bits per heavy atom. The minimum absolute atomic E-state index is 0.478. The summed E-state index contributed by atoms with van der Waals surface area (Å²) in [6, 6.07) is 6.31. The van der Waals surface area contributed by atoms with Crippen LogP contribution in [0.15, 0.2) is 18.2 Å². The molecule has 1 heterocycles. The smallest absolute Gasteiger partial charge is 0.201 e. The normalized spacial score (nSPS) is 21.9. The summed E-state index contributed by atoms with van der Waals surface area (Å²) in [6.45, 7) is 5.63. The van der Waals surface area contributed by atoms with Gasteiger partial charge in [0.15, 0.2) is 0 Å². The van der Waals surface area contributed by atoms with Gasteiger partial charge in [-0.1, -0.05) is 13.8 Å². The fourth-order valence-electron chi connectivity index (χ4n) is 2.42. The number of rotatable bonds is 2. The third kappa shape index (κ3) is 1.92. The molecule has 1 fully saturated rings. The molecule has 1 saturated carbocycles. The summed E-state index contributed by atoms with van der Waals surface area (Å²) in [5.41, 5.74) is 8.66. The van der Waals surface area contributed by atoms with E-state index in [9.17, 15) is 0 Å². The molecule has 1 aromatic heterocycles. The average Bonchev–Trinajstić information content (AvgIpc) is 2.71. The molecular formula is C13H16IN3. The lowest BCUT2D eigenvalue weighted by Crippen LogP contribution is -2.07. The molecule has 0 saturated heterocycles. The Labute approximate surface area is 115 Å². The summed E-state index contributed by atoms with van der Waals surface area (Å²) < 4.78 is 3.36. The molecule has 1 unspecified atom stereocenters. The number of nitrogens with zero attached hydrogens (tertiary/aromatic N) is 2. The van der Waals surface area contributed by atoms with E-state index in [2.05, 4.69) is 64.2 Å². The first kappa shape index (κ1) is 11.3. The fraction of sp³-hybridized carbons (Fsp3) is 0.462. The first-order valence-corrected chi connectivity index (χ1v) is 6.96. The first-order chi connectivity index (χ1) is 7.97. The highest BCUT2D eigenvalue weighted by Gasteiger charge is 2.45. The number of hydrogen-bond donors (Lipinski definition) is 1. The predicted octanol–water partition coefficient (Wildman–Crippen LogP) is 3.27. The number of nitrogens with two attached hydrogens (primary N) is 1. The lowest BCUT2D eigenvalue weighted by atomic mass is 10.1. The van der Waals surface area contributed by atoms with E-state index in [4.69, 9.17) is 5.73 Å². The lowest BCUT2D eigenvalue weighted by molar-refractivity contribution is 0.507. The number of halogens is 1.